The first-order valence-electron chi connectivity index (χ1n) is 6.49. The number of methoxy groups -OCH3 is 1. The van der Waals surface area contributed by atoms with Crippen LogP contribution in [0, 0.1) is 6.92 Å². The molecule has 1 aromatic heterocycles. The number of rotatable bonds is 7. The molecule has 5 nitrogen and oxygen atoms in total. The van der Waals surface area contributed by atoms with Gasteiger partial charge in [0.15, 0.2) is 0 Å². The van der Waals surface area contributed by atoms with E-state index in [0.29, 0.717) is 6.04 Å². The van der Waals surface area contributed by atoms with E-state index in [1.807, 2.05) is 20.2 Å². The summed E-state index contributed by atoms with van der Waals surface area (Å²) in [5.74, 6) is 0.840. The zero-order valence-corrected chi connectivity index (χ0v) is 11.4. The maximum atomic E-state index is 5.16. The van der Waals surface area contributed by atoms with Gasteiger partial charge in [0.05, 0.1) is 6.61 Å². The molecule has 1 N–H and O–H groups in total. The molecule has 1 saturated carbocycles. The van der Waals surface area contributed by atoms with Gasteiger partial charge < -0.3 is 15.0 Å². The zero-order chi connectivity index (χ0) is 13.0. The molecule has 0 aliphatic heterocycles. The number of ether oxygens (including phenoxy) is 1. The van der Waals surface area contributed by atoms with E-state index >= 15 is 0 Å². The summed E-state index contributed by atoms with van der Waals surface area (Å²) in [6.45, 7) is 4.44. The van der Waals surface area contributed by atoms with Gasteiger partial charge in [-0.25, -0.2) is 9.97 Å². The lowest BCUT2D eigenvalue weighted by atomic mass is 10.2. The molecule has 100 valence electrons. The lowest BCUT2D eigenvalue weighted by Crippen LogP contribution is -2.31. The zero-order valence-electron chi connectivity index (χ0n) is 11.4. The smallest absolute Gasteiger partial charge is 0.225 e. The van der Waals surface area contributed by atoms with Crippen LogP contribution in [0.2, 0.25) is 0 Å². The Morgan fingerprint density at radius 1 is 1.50 bits per heavy atom. The van der Waals surface area contributed by atoms with Gasteiger partial charge >= 0.3 is 0 Å². The topological polar surface area (TPSA) is 50.3 Å². The lowest BCUT2D eigenvalue weighted by Gasteiger charge is -2.22. The van der Waals surface area contributed by atoms with Crippen molar-refractivity contribution in [2.24, 2.45) is 0 Å². The highest BCUT2D eigenvalue weighted by Gasteiger charge is 2.30. The molecule has 1 aliphatic carbocycles. The van der Waals surface area contributed by atoms with Gasteiger partial charge in [0.1, 0.15) is 0 Å². The molecule has 0 aromatic carbocycles. The highest BCUT2D eigenvalue weighted by atomic mass is 16.5. The van der Waals surface area contributed by atoms with E-state index in [1.54, 1.807) is 7.11 Å². The third-order valence-electron chi connectivity index (χ3n) is 3.22. The molecular weight excluding hydrogens is 228 g/mol. The Labute approximate surface area is 109 Å². The molecule has 0 saturated heterocycles. The first-order chi connectivity index (χ1) is 8.76. The first-order valence-corrected chi connectivity index (χ1v) is 6.49. The van der Waals surface area contributed by atoms with Gasteiger partial charge in [-0.05, 0) is 26.8 Å². The van der Waals surface area contributed by atoms with Crippen molar-refractivity contribution in [3.8, 4) is 0 Å². The van der Waals surface area contributed by atoms with E-state index in [1.165, 1.54) is 12.8 Å². The maximum Gasteiger partial charge on any atom is 0.225 e. The molecule has 2 rings (SSSR count). The van der Waals surface area contributed by atoms with Crippen LogP contribution < -0.4 is 10.2 Å². The normalized spacial score (nSPS) is 14.8. The van der Waals surface area contributed by atoms with Crippen LogP contribution in [-0.4, -0.2) is 43.3 Å². The minimum Gasteiger partial charge on any atom is -0.383 e. The Morgan fingerprint density at radius 3 is 2.83 bits per heavy atom. The Morgan fingerprint density at radius 2 is 2.28 bits per heavy atom. The summed E-state index contributed by atoms with van der Waals surface area (Å²) in [6, 6.07) is 0.606. The monoisotopic (exact) mass is 250 g/mol. The van der Waals surface area contributed by atoms with E-state index < -0.39 is 0 Å². The number of anilines is 1. The Hall–Kier alpha value is -1.20. The number of nitrogens with zero attached hydrogens (tertiary/aromatic N) is 3. The third kappa shape index (κ3) is 3.17. The van der Waals surface area contributed by atoms with Crippen LogP contribution in [-0.2, 0) is 11.3 Å². The minimum atomic E-state index is 0.606. The van der Waals surface area contributed by atoms with E-state index in [9.17, 15) is 0 Å². The minimum absolute atomic E-state index is 0.606. The van der Waals surface area contributed by atoms with Crippen LogP contribution in [0.5, 0.6) is 0 Å². The number of hydrogen-bond acceptors (Lipinski definition) is 5. The average molecular weight is 250 g/mol. The summed E-state index contributed by atoms with van der Waals surface area (Å²) in [7, 11) is 3.66. The van der Waals surface area contributed by atoms with Gasteiger partial charge in [0.25, 0.3) is 0 Å². The number of aromatic nitrogens is 2. The lowest BCUT2D eigenvalue weighted by molar-refractivity contribution is 0.204. The molecule has 1 aromatic rings. The summed E-state index contributed by atoms with van der Waals surface area (Å²) in [5.41, 5.74) is 2.21. The van der Waals surface area contributed by atoms with E-state index in [4.69, 9.17) is 4.74 Å². The van der Waals surface area contributed by atoms with Crippen LogP contribution in [0.4, 0.5) is 5.95 Å². The maximum absolute atomic E-state index is 5.16. The molecule has 0 bridgehead atoms. The van der Waals surface area contributed by atoms with Gasteiger partial charge in [-0.2, -0.15) is 0 Å². The summed E-state index contributed by atoms with van der Waals surface area (Å²) in [5, 5.41) is 3.13. The molecule has 1 aliphatic rings. The van der Waals surface area contributed by atoms with Crippen molar-refractivity contribution in [3.05, 3.63) is 17.5 Å². The van der Waals surface area contributed by atoms with Gasteiger partial charge in [-0.3, -0.25) is 0 Å². The molecular formula is C13H22N4O. The van der Waals surface area contributed by atoms with Crippen molar-refractivity contribution >= 4 is 5.95 Å². The SMILES string of the molecule is CNCc1cnc(N(CCOC)C2CC2)nc1C. The number of hydrogen-bond donors (Lipinski definition) is 1. The molecule has 0 amide bonds. The summed E-state index contributed by atoms with van der Waals surface area (Å²) in [4.78, 5) is 11.4. The Bertz CT molecular complexity index is 393. The highest BCUT2D eigenvalue weighted by Crippen LogP contribution is 2.29. The van der Waals surface area contributed by atoms with Crippen LogP contribution in [0.25, 0.3) is 0 Å². The van der Waals surface area contributed by atoms with Gasteiger partial charge in [0, 0.05) is 43.7 Å². The average Bonchev–Trinajstić information content (AvgIpc) is 3.17. The van der Waals surface area contributed by atoms with Crippen LogP contribution in [0.1, 0.15) is 24.1 Å². The fraction of sp³-hybridized carbons (Fsp3) is 0.692. The molecule has 0 atom stereocenters. The molecule has 0 radical (unpaired) electrons. The van der Waals surface area contributed by atoms with Crippen molar-refractivity contribution in [3.63, 3.8) is 0 Å². The summed E-state index contributed by atoms with van der Waals surface area (Å²) < 4.78 is 5.16. The molecule has 18 heavy (non-hydrogen) atoms. The fourth-order valence-electron chi connectivity index (χ4n) is 2.00. The predicted octanol–water partition coefficient (Wildman–Crippen LogP) is 1.12. The Balaban J connectivity index is 2.12. The molecule has 0 unspecified atom stereocenters. The standard InChI is InChI=1S/C13H22N4O/c1-10-11(8-14-2)9-15-13(16-10)17(6-7-18-3)12-4-5-12/h9,12,14H,4-8H2,1-3H3. The molecule has 5 heteroatoms. The predicted molar refractivity (Wildman–Crippen MR) is 71.8 cm³/mol. The van der Waals surface area contributed by atoms with Crippen molar-refractivity contribution < 1.29 is 4.74 Å². The van der Waals surface area contributed by atoms with Gasteiger partial charge in [-0.1, -0.05) is 0 Å². The third-order valence-corrected chi connectivity index (χ3v) is 3.22. The second-order valence-corrected chi connectivity index (χ2v) is 4.73. The van der Waals surface area contributed by atoms with Crippen molar-refractivity contribution in [1.29, 1.82) is 0 Å². The largest absolute Gasteiger partial charge is 0.383 e. The number of nitrogens with one attached hydrogen (secondary N) is 1. The van der Waals surface area contributed by atoms with Crippen LogP contribution in [0.3, 0.4) is 0 Å². The van der Waals surface area contributed by atoms with Gasteiger partial charge in [-0.15, -0.1) is 0 Å². The fourth-order valence-corrected chi connectivity index (χ4v) is 2.00. The van der Waals surface area contributed by atoms with E-state index in [-0.39, 0.29) is 0 Å². The highest BCUT2D eigenvalue weighted by molar-refractivity contribution is 5.36. The Kier molecular flexibility index (Phi) is 4.49. The van der Waals surface area contributed by atoms with Crippen LogP contribution in [0.15, 0.2) is 6.20 Å². The first kappa shape index (κ1) is 13.2. The summed E-state index contributed by atoms with van der Waals surface area (Å²) >= 11 is 0. The van der Waals surface area contributed by atoms with Crippen LogP contribution >= 0.6 is 0 Å². The second kappa shape index (κ2) is 6.11. The molecule has 1 heterocycles. The van der Waals surface area contributed by atoms with E-state index in [0.717, 1.165) is 36.9 Å². The second-order valence-electron chi connectivity index (χ2n) is 4.73. The molecule has 0 spiro atoms. The van der Waals surface area contributed by atoms with Gasteiger partial charge in [0.2, 0.25) is 5.95 Å². The molecule has 1 fully saturated rings. The van der Waals surface area contributed by atoms with E-state index in [2.05, 4.69) is 20.2 Å². The quantitative estimate of drug-likeness (QED) is 0.786. The van der Waals surface area contributed by atoms with Crippen molar-refractivity contribution in [2.75, 3.05) is 32.2 Å². The van der Waals surface area contributed by atoms with Crippen molar-refractivity contribution in [1.82, 2.24) is 15.3 Å². The number of aryl methyl sites for hydroxylation is 1. The van der Waals surface area contributed by atoms with Crippen molar-refractivity contribution in [2.45, 2.75) is 32.4 Å². The summed E-state index contributed by atoms with van der Waals surface area (Å²) in [6.07, 6.45) is 4.41.